The van der Waals surface area contributed by atoms with Crippen molar-refractivity contribution in [3.8, 4) is 11.5 Å². The molecule has 21 heavy (non-hydrogen) atoms. The van der Waals surface area contributed by atoms with Gasteiger partial charge in [0.25, 0.3) is 0 Å². The summed E-state index contributed by atoms with van der Waals surface area (Å²) >= 11 is 0. The average molecular weight is 283 g/mol. The predicted octanol–water partition coefficient (Wildman–Crippen LogP) is 4.80. The summed E-state index contributed by atoms with van der Waals surface area (Å²) in [5, 5.41) is 3.17. The molecule has 0 spiro atoms. The predicted molar refractivity (Wildman–Crippen MR) is 89.2 cm³/mol. The van der Waals surface area contributed by atoms with Gasteiger partial charge in [0.05, 0.1) is 0 Å². The van der Waals surface area contributed by atoms with Crippen molar-refractivity contribution in [2.75, 3.05) is 7.05 Å². The smallest absolute Gasteiger partial charge is 0.131 e. The molecule has 0 radical (unpaired) electrons. The van der Waals surface area contributed by atoms with Crippen LogP contribution in [0.5, 0.6) is 11.5 Å². The molecule has 0 fully saturated rings. The fourth-order valence-corrected chi connectivity index (χ4v) is 2.29. The Balaban J connectivity index is 2.28. The molecule has 2 nitrogen and oxygen atoms in total. The molecule has 0 bridgehead atoms. The Kier molecular flexibility index (Phi) is 4.69. The van der Waals surface area contributed by atoms with Crippen LogP contribution in [0.25, 0.3) is 0 Å². The molecular weight excluding hydrogens is 258 g/mol. The van der Waals surface area contributed by atoms with Crippen LogP contribution in [0.1, 0.15) is 37.5 Å². The summed E-state index contributed by atoms with van der Waals surface area (Å²) in [6, 6.07) is 14.6. The van der Waals surface area contributed by atoms with E-state index in [1.165, 1.54) is 16.7 Å². The molecule has 0 heterocycles. The highest BCUT2D eigenvalue weighted by Crippen LogP contribution is 2.31. The summed E-state index contributed by atoms with van der Waals surface area (Å²) in [5.41, 5.74) is 3.82. The molecule has 0 unspecified atom stereocenters. The lowest BCUT2D eigenvalue weighted by atomic mass is 9.86. The maximum atomic E-state index is 6.12. The molecule has 0 saturated heterocycles. The minimum Gasteiger partial charge on any atom is -0.457 e. The van der Waals surface area contributed by atoms with Gasteiger partial charge in [0.2, 0.25) is 0 Å². The molecule has 0 aliphatic carbocycles. The number of ether oxygens (including phenoxy) is 1. The third kappa shape index (κ3) is 3.85. The van der Waals surface area contributed by atoms with Crippen LogP contribution in [0.2, 0.25) is 0 Å². The van der Waals surface area contributed by atoms with Crippen molar-refractivity contribution in [1.29, 1.82) is 0 Å². The Hall–Kier alpha value is -1.80. The molecule has 0 aliphatic rings. The Labute approximate surface area is 128 Å². The largest absolute Gasteiger partial charge is 0.457 e. The summed E-state index contributed by atoms with van der Waals surface area (Å²) in [5.74, 6) is 1.84. The van der Waals surface area contributed by atoms with Crippen LogP contribution in [0.3, 0.4) is 0 Å². The minimum absolute atomic E-state index is 0.160. The molecule has 112 valence electrons. The third-order valence-corrected chi connectivity index (χ3v) is 3.60. The molecule has 2 aromatic carbocycles. The van der Waals surface area contributed by atoms with Crippen molar-refractivity contribution in [2.24, 2.45) is 0 Å². The van der Waals surface area contributed by atoms with Crippen LogP contribution in [-0.4, -0.2) is 7.05 Å². The second kappa shape index (κ2) is 6.31. The van der Waals surface area contributed by atoms with Gasteiger partial charge in [-0.25, -0.2) is 0 Å². The fraction of sp³-hybridized carbons (Fsp3) is 0.368. The number of nitrogens with one attached hydrogen (secondary N) is 1. The van der Waals surface area contributed by atoms with Crippen LogP contribution in [0.4, 0.5) is 0 Å². The summed E-state index contributed by atoms with van der Waals surface area (Å²) < 4.78 is 6.12. The van der Waals surface area contributed by atoms with E-state index in [-0.39, 0.29) is 5.41 Å². The first-order chi connectivity index (χ1) is 9.91. The van der Waals surface area contributed by atoms with Gasteiger partial charge in [0, 0.05) is 12.1 Å². The standard InChI is InChI=1S/C19H25NO/c1-14-12-16(19(2,3)4)10-11-17(14)21-18-9-7-6-8-15(18)13-20-5/h6-12,20H,13H2,1-5H3. The lowest BCUT2D eigenvalue weighted by Crippen LogP contribution is -2.11. The van der Waals surface area contributed by atoms with E-state index in [1.807, 2.05) is 25.2 Å². The molecule has 2 aromatic rings. The zero-order valence-electron chi connectivity index (χ0n) is 13.7. The Bertz CT molecular complexity index is 611. The normalized spacial score (nSPS) is 11.5. The maximum Gasteiger partial charge on any atom is 0.131 e. The highest BCUT2D eigenvalue weighted by Gasteiger charge is 2.15. The van der Waals surface area contributed by atoms with Crippen molar-refractivity contribution >= 4 is 0 Å². The molecular formula is C19H25NO. The first kappa shape index (κ1) is 15.6. The number of rotatable bonds is 4. The summed E-state index contributed by atoms with van der Waals surface area (Å²) in [7, 11) is 1.94. The van der Waals surface area contributed by atoms with Gasteiger partial charge < -0.3 is 10.1 Å². The second-order valence-corrected chi connectivity index (χ2v) is 6.47. The molecule has 2 rings (SSSR count). The molecule has 0 aliphatic heterocycles. The van der Waals surface area contributed by atoms with Gasteiger partial charge in [-0.05, 0) is 42.6 Å². The molecule has 0 saturated carbocycles. The van der Waals surface area contributed by atoms with Gasteiger partial charge in [0.15, 0.2) is 0 Å². The quantitative estimate of drug-likeness (QED) is 0.870. The molecule has 0 amide bonds. The van der Waals surface area contributed by atoms with Gasteiger partial charge in [-0.1, -0.05) is 51.1 Å². The van der Waals surface area contributed by atoms with E-state index in [0.717, 1.165) is 18.0 Å². The Morgan fingerprint density at radius 3 is 2.33 bits per heavy atom. The number of para-hydroxylation sites is 1. The van der Waals surface area contributed by atoms with E-state index in [9.17, 15) is 0 Å². The number of hydrogen-bond acceptors (Lipinski definition) is 2. The van der Waals surface area contributed by atoms with E-state index in [0.29, 0.717) is 0 Å². The minimum atomic E-state index is 0.160. The lowest BCUT2D eigenvalue weighted by molar-refractivity contribution is 0.469. The van der Waals surface area contributed by atoms with Gasteiger partial charge in [0.1, 0.15) is 11.5 Å². The van der Waals surface area contributed by atoms with E-state index in [2.05, 4.69) is 57.3 Å². The number of hydrogen-bond donors (Lipinski definition) is 1. The van der Waals surface area contributed by atoms with Crippen LogP contribution in [0.15, 0.2) is 42.5 Å². The zero-order chi connectivity index (χ0) is 15.5. The van der Waals surface area contributed by atoms with Crippen molar-refractivity contribution in [2.45, 2.75) is 39.7 Å². The number of aryl methyl sites for hydroxylation is 1. The lowest BCUT2D eigenvalue weighted by Gasteiger charge is -2.21. The highest BCUT2D eigenvalue weighted by atomic mass is 16.5. The Morgan fingerprint density at radius 1 is 1.00 bits per heavy atom. The van der Waals surface area contributed by atoms with Gasteiger partial charge in [-0.2, -0.15) is 0 Å². The van der Waals surface area contributed by atoms with Crippen LogP contribution in [0, 0.1) is 6.92 Å². The average Bonchev–Trinajstić information content (AvgIpc) is 2.42. The number of benzene rings is 2. The fourth-order valence-electron chi connectivity index (χ4n) is 2.29. The molecule has 0 atom stereocenters. The van der Waals surface area contributed by atoms with E-state index in [1.54, 1.807) is 0 Å². The summed E-state index contributed by atoms with van der Waals surface area (Å²) in [6.45, 7) is 9.58. The Morgan fingerprint density at radius 2 is 1.71 bits per heavy atom. The van der Waals surface area contributed by atoms with Crippen molar-refractivity contribution in [1.82, 2.24) is 5.32 Å². The van der Waals surface area contributed by atoms with Gasteiger partial charge in [-0.3, -0.25) is 0 Å². The molecule has 1 N–H and O–H groups in total. The first-order valence-electron chi connectivity index (χ1n) is 7.43. The van der Waals surface area contributed by atoms with Gasteiger partial charge >= 0.3 is 0 Å². The van der Waals surface area contributed by atoms with Crippen LogP contribution in [-0.2, 0) is 12.0 Å². The zero-order valence-corrected chi connectivity index (χ0v) is 13.7. The van der Waals surface area contributed by atoms with Crippen molar-refractivity contribution in [3.63, 3.8) is 0 Å². The SMILES string of the molecule is CNCc1ccccc1Oc1ccc(C(C)(C)C)cc1C. The molecule has 2 heteroatoms. The van der Waals surface area contributed by atoms with Crippen LogP contribution >= 0.6 is 0 Å². The second-order valence-electron chi connectivity index (χ2n) is 6.47. The first-order valence-corrected chi connectivity index (χ1v) is 7.43. The molecule has 0 aromatic heterocycles. The summed E-state index contributed by atoms with van der Waals surface area (Å²) in [6.07, 6.45) is 0. The topological polar surface area (TPSA) is 21.3 Å². The van der Waals surface area contributed by atoms with Crippen molar-refractivity contribution < 1.29 is 4.74 Å². The van der Waals surface area contributed by atoms with E-state index >= 15 is 0 Å². The van der Waals surface area contributed by atoms with E-state index < -0.39 is 0 Å². The maximum absolute atomic E-state index is 6.12. The van der Waals surface area contributed by atoms with Crippen molar-refractivity contribution in [3.05, 3.63) is 59.2 Å². The van der Waals surface area contributed by atoms with Crippen LogP contribution < -0.4 is 10.1 Å². The highest BCUT2D eigenvalue weighted by molar-refractivity contribution is 5.43. The summed E-state index contributed by atoms with van der Waals surface area (Å²) in [4.78, 5) is 0. The third-order valence-electron chi connectivity index (χ3n) is 3.60. The van der Waals surface area contributed by atoms with Gasteiger partial charge in [-0.15, -0.1) is 0 Å². The van der Waals surface area contributed by atoms with E-state index in [4.69, 9.17) is 4.74 Å². The monoisotopic (exact) mass is 283 g/mol.